The molecule has 0 spiro atoms. The van der Waals surface area contributed by atoms with Gasteiger partial charge in [-0.15, -0.1) is 0 Å². The van der Waals surface area contributed by atoms with Crippen LogP contribution in [0.3, 0.4) is 0 Å². The molecule has 116 valence electrons. The Morgan fingerprint density at radius 3 is 2.50 bits per heavy atom. The second-order valence-corrected chi connectivity index (χ2v) is 5.14. The van der Waals surface area contributed by atoms with Crippen molar-refractivity contribution in [3.8, 4) is 0 Å². The molecule has 1 aliphatic heterocycles. The molecule has 5 nitrogen and oxygen atoms in total. The molecular weight excluding hydrogens is 258 g/mol. The number of hydrogen-bond acceptors (Lipinski definition) is 5. The van der Waals surface area contributed by atoms with E-state index in [4.69, 9.17) is 9.47 Å². The SMILES string of the molecule is CCCC(C(=O)OCC)N1CCC[C@H](C(=O)OCC)C1. The van der Waals surface area contributed by atoms with E-state index in [1.54, 1.807) is 0 Å². The molecule has 1 unspecified atom stereocenters. The van der Waals surface area contributed by atoms with Gasteiger partial charge in [0.15, 0.2) is 0 Å². The van der Waals surface area contributed by atoms with Gasteiger partial charge >= 0.3 is 11.9 Å². The van der Waals surface area contributed by atoms with Crippen LogP contribution in [0.4, 0.5) is 0 Å². The van der Waals surface area contributed by atoms with Crippen LogP contribution in [-0.4, -0.2) is 49.2 Å². The zero-order valence-corrected chi connectivity index (χ0v) is 12.9. The molecule has 0 saturated carbocycles. The Hall–Kier alpha value is -1.10. The molecule has 0 N–H and O–H groups in total. The van der Waals surface area contributed by atoms with Crippen LogP contribution in [0.1, 0.15) is 46.5 Å². The van der Waals surface area contributed by atoms with Gasteiger partial charge in [-0.3, -0.25) is 14.5 Å². The molecule has 0 amide bonds. The number of rotatable bonds is 7. The molecule has 0 aromatic rings. The zero-order valence-electron chi connectivity index (χ0n) is 12.9. The standard InChI is InChI=1S/C15H27NO4/c1-4-8-13(15(18)20-6-3)16-10-7-9-12(11-16)14(17)19-5-2/h12-13H,4-11H2,1-3H3/t12-,13?/m0/s1. The minimum absolute atomic E-state index is 0.113. The van der Waals surface area contributed by atoms with Crippen LogP contribution in [0.2, 0.25) is 0 Å². The molecule has 0 aromatic carbocycles. The average molecular weight is 285 g/mol. The van der Waals surface area contributed by atoms with E-state index in [2.05, 4.69) is 11.8 Å². The molecule has 0 radical (unpaired) electrons. The van der Waals surface area contributed by atoms with Gasteiger partial charge in [-0.1, -0.05) is 13.3 Å². The Balaban J connectivity index is 2.65. The predicted molar refractivity (Wildman–Crippen MR) is 76.3 cm³/mol. The van der Waals surface area contributed by atoms with Crippen LogP contribution in [-0.2, 0) is 19.1 Å². The summed E-state index contributed by atoms with van der Waals surface area (Å²) in [6.07, 6.45) is 3.46. The molecule has 1 fully saturated rings. The fourth-order valence-corrected chi connectivity index (χ4v) is 2.70. The smallest absolute Gasteiger partial charge is 0.323 e. The zero-order chi connectivity index (χ0) is 15.0. The number of piperidine rings is 1. The van der Waals surface area contributed by atoms with Crippen molar-refractivity contribution in [1.82, 2.24) is 4.90 Å². The van der Waals surface area contributed by atoms with Crippen molar-refractivity contribution in [2.24, 2.45) is 5.92 Å². The van der Waals surface area contributed by atoms with Crippen LogP contribution in [0.5, 0.6) is 0 Å². The minimum atomic E-state index is -0.225. The third kappa shape index (κ3) is 4.78. The Kier molecular flexibility index (Phi) is 7.59. The van der Waals surface area contributed by atoms with Crippen molar-refractivity contribution in [3.63, 3.8) is 0 Å². The average Bonchev–Trinajstić information content (AvgIpc) is 2.45. The molecule has 0 aromatic heterocycles. The summed E-state index contributed by atoms with van der Waals surface area (Å²) in [6, 6.07) is -0.225. The summed E-state index contributed by atoms with van der Waals surface area (Å²) in [5.41, 5.74) is 0. The molecule has 1 heterocycles. The number of hydrogen-bond donors (Lipinski definition) is 0. The molecular formula is C15H27NO4. The predicted octanol–water partition coefficient (Wildman–Crippen LogP) is 1.99. The highest BCUT2D eigenvalue weighted by atomic mass is 16.5. The fourth-order valence-electron chi connectivity index (χ4n) is 2.70. The van der Waals surface area contributed by atoms with E-state index in [0.29, 0.717) is 19.8 Å². The van der Waals surface area contributed by atoms with Gasteiger partial charge in [0.25, 0.3) is 0 Å². The molecule has 20 heavy (non-hydrogen) atoms. The summed E-state index contributed by atoms with van der Waals surface area (Å²) in [5, 5.41) is 0. The van der Waals surface area contributed by atoms with E-state index in [0.717, 1.165) is 32.2 Å². The number of nitrogens with zero attached hydrogens (tertiary/aromatic N) is 1. The number of ether oxygens (including phenoxy) is 2. The number of carbonyl (C=O) groups excluding carboxylic acids is 2. The summed E-state index contributed by atoms with van der Waals surface area (Å²) in [6.45, 7) is 7.94. The van der Waals surface area contributed by atoms with E-state index >= 15 is 0 Å². The van der Waals surface area contributed by atoms with Crippen molar-refractivity contribution in [3.05, 3.63) is 0 Å². The van der Waals surface area contributed by atoms with Gasteiger partial charge in [-0.2, -0.15) is 0 Å². The van der Waals surface area contributed by atoms with Gasteiger partial charge in [0.05, 0.1) is 19.1 Å². The van der Waals surface area contributed by atoms with Gasteiger partial charge in [0, 0.05) is 6.54 Å². The Morgan fingerprint density at radius 1 is 1.20 bits per heavy atom. The first-order chi connectivity index (χ1) is 9.63. The topological polar surface area (TPSA) is 55.8 Å². The summed E-state index contributed by atoms with van der Waals surface area (Å²) in [7, 11) is 0. The highest BCUT2D eigenvalue weighted by molar-refractivity contribution is 5.76. The summed E-state index contributed by atoms with van der Waals surface area (Å²) in [4.78, 5) is 26.0. The van der Waals surface area contributed by atoms with Gasteiger partial charge in [-0.25, -0.2) is 0 Å². The number of carbonyl (C=O) groups is 2. The van der Waals surface area contributed by atoms with Gasteiger partial charge in [-0.05, 0) is 39.7 Å². The third-order valence-electron chi connectivity index (χ3n) is 3.63. The maximum Gasteiger partial charge on any atom is 0.323 e. The van der Waals surface area contributed by atoms with Crippen LogP contribution < -0.4 is 0 Å². The summed E-state index contributed by atoms with van der Waals surface area (Å²) < 4.78 is 10.3. The number of esters is 2. The highest BCUT2D eigenvalue weighted by Crippen LogP contribution is 2.22. The van der Waals surface area contributed by atoms with Crippen LogP contribution >= 0.6 is 0 Å². The van der Waals surface area contributed by atoms with Gasteiger partial charge in [0.1, 0.15) is 6.04 Å². The maximum absolute atomic E-state index is 12.1. The molecule has 2 atom stereocenters. The molecule has 0 aliphatic carbocycles. The first-order valence-electron chi connectivity index (χ1n) is 7.71. The van der Waals surface area contributed by atoms with Crippen molar-refractivity contribution in [2.75, 3.05) is 26.3 Å². The first kappa shape index (κ1) is 17.0. The fraction of sp³-hybridized carbons (Fsp3) is 0.867. The lowest BCUT2D eigenvalue weighted by atomic mass is 9.95. The van der Waals surface area contributed by atoms with Crippen molar-refractivity contribution in [2.45, 2.75) is 52.5 Å². The molecule has 1 rings (SSSR count). The van der Waals surface area contributed by atoms with Crippen LogP contribution in [0, 0.1) is 5.92 Å². The number of likely N-dealkylation sites (tertiary alicyclic amines) is 1. The molecule has 1 saturated heterocycles. The van der Waals surface area contributed by atoms with Crippen molar-refractivity contribution >= 4 is 11.9 Å². The van der Waals surface area contributed by atoms with Crippen molar-refractivity contribution < 1.29 is 19.1 Å². The van der Waals surface area contributed by atoms with E-state index in [-0.39, 0.29) is 23.9 Å². The Labute approximate surface area is 121 Å². The lowest BCUT2D eigenvalue weighted by Crippen LogP contribution is -2.49. The van der Waals surface area contributed by atoms with Crippen molar-refractivity contribution in [1.29, 1.82) is 0 Å². The molecule has 5 heteroatoms. The lowest BCUT2D eigenvalue weighted by Gasteiger charge is -2.36. The van der Waals surface area contributed by atoms with E-state index in [1.807, 2.05) is 13.8 Å². The second-order valence-electron chi connectivity index (χ2n) is 5.14. The van der Waals surface area contributed by atoms with Gasteiger partial charge < -0.3 is 9.47 Å². The van der Waals surface area contributed by atoms with Gasteiger partial charge in [0.2, 0.25) is 0 Å². The largest absolute Gasteiger partial charge is 0.466 e. The molecule has 1 aliphatic rings. The summed E-state index contributed by atoms with van der Waals surface area (Å²) >= 11 is 0. The van der Waals surface area contributed by atoms with Crippen LogP contribution in [0.15, 0.2) is 0 Å². The second kappa shape index (κ2) is 8.95. The minimum Gasteiger partial charge on any atom is -0.466 e. The quantitative estimate of drug-likeness (QED) is 0.670. The van der Waals surface area contributed by atoms with Crippen LogP contribution in [0.25, 0.3) is 0 Å². The normalized spacial score (nSPS) is 21.2. The Bertz CT molecular complexity index is 319. The van der Waals surface area contributed by atoms with E-state index < -0.39 is 0 Å². The Morgan fingerprint density at radius 2 is 1.90 bits per heavy atom. The lowest BCUT2D eigenvalue weighted by molar-refractivity contribution is -0.156. The monoisotopic (exact) mass is 285 g/mol. The third-order valence-corrected chi connectivity index (χ3v) is 3.63. The summed E-state index contributed by atoms with van der Waals surface area (Å²) in [5.74, 6) is -0.423. The maximum atomic E-state index is 12.1. The molecule has 0 bridgehead atoms. The van der Waals surface area contributed by atoms with E-state index in [1.165, 1.54) is 0 Å². The van der Waals surface area contributed by atoms with E-state index in [9.17, 15) is 9.59 Å². The highest BCUT2D eigenvalue weighted by Gasteiger charge is 2.33. The first-order valence-corrected chi connectivity index (χ1v) is 7.71.